The maximum atomic E-state index is 12.2. The van der Waals surface area contributed by atoms with E-state index in [0.717, 1.165) is 18.7 Å². The molecule has 1 unspecified atom stereocenters. The summed E-state index contributed by atoms with van der Waals surface area (Å²) in [6.45, 7) is 5.78. The number of piperidine rings is 1. The fourth-order valence-electron chi connectivity index (χ4n) is 2.67. The lowest BCUT2D eigenvalue weighted by Gasteiger charge is -2.32. The maximum Gasteiger partial charge on any atom is 0.273 e. The lowest BCUT2D eigenvalue weighted by atomic mass is 10.0. The Balaban J connectivity index is 1.95. The van der Waals surface area contributed by atoms with Crippen LogP contribution in [0.25, 0.3) is 0 Å². The molecule has 6 heteroatoms. The third kappa shape index (κ3) is 3.12. The maximum absolute atomic E-state index is 12.2. The minimum atomic E-state index is -0.190. The number of carbonyl (C=O) groups is 1. The first-order chi connectivity index (χ1) is 9.50. The molecule has 2 rings (SSSR count). The van der Waals surface area contributed by atoms with E-state index in [1.165, 1.54) is 12.8 Å². The van der Waals surface area contributed by atoms with E-state index >= 15 is 0 Å². The van der Waals surface area contributed by atoms with Crippen molar-refractivity contribution in [1.82, 2.24) is 20.4 Å². The molecule has 20 heavy (non-hydrogen) atoms. The molecule has 1 fully saturated rings. The number of carbonyl (C=O) groups excluding carboxylic acids is 1. The van der Waals surface area contributed by atoms with Crippen molar-refractivity contribution >= 4 is 11.6 Å². The SMILES string of the molecule is CC(C)c1[nH]nc(C(=O)NCC2CCCCN2C)c1N. The molecule has 0 radical (unpaired) electrons. The van der Waals surface area contributed by atoms with Gasteiger partial charge < -0.3 is 16.0 Å². The molecule has 0 bridgehead atoms. The van der Waals surface area contributed by atoms with E-state index < -0.39 is 0 Å². The Morgan fingerprint density at radius 3 is 2.90 bits per heavy atom. The monoisotopic (exact) mass is 279 g/mol. The van der Waals surface area contributed by atoms with Gasteiger partial charge in [0.25, 0.3) is 5.91 Å². The molecule has 6 nitrogen and oxygen atoms in total. The van der Waals surface area contributed by atoms with Crippen LogP contribution < -0.4 is 11.1 Å². The second-order valence-corrected chi connectivity index (χ2v) is 5.89. The van der Waals surface area contributed by atoms with Gasteiger partial charge in [0.15, 0.2) is 5.69 Å². The quantitative estimate of drug-likeness (QED) is 0.776. The smallest absolute Gasteiger partial charge is 0.273 e. The molecular weight excluding hydrogens is 254 g/mol. The topological polar surface area (TPSA) is 87.0 Å². The molecule has 1 saturated heterocycles. The number of hydrogen-bond acceptors (Lipinski definition) is 4. The van der Waals surface area contributed by atoms with E-state index in [9.17, 15) is 4.79 Å². The molecule has 0 aliphatic carbocycles. The largest absolute Gasteiger partial charge is 0.395 e. The van der Waals surface area contributed by atoms with Crippen LogP contribution >= 0.6 is 0 Å². The summed E-state index contributed by atoms with van der Waals surface area (Å²) in [7, 11) is 2.11. The van der Waals surface area contributed by atoms with Gasteiger partial charge in [-0.05, 0) is 32.4 Å². The Morgan fingerprint density at radius 2 is 2.30 bits per heavy atom. The van der Waals surface area contributed by atoms with Gasteiger partial charge in [-0.25, -0.2) is 0 Å². The number of nitrogens with two attached hydrogens (primary N) is 1. The number of hydrogen-bond donors (Lipinski definition) is 3. The molecule has 0 saturated carbocycles. The van der Waals surface area contributed by atoms with E-state index in [2.05, 4.69) is 27.5 Å². The summed E-state index contributed by atoms with van der Waals surface area (Å²) in [6.07, 6.45) is 3.60. The van der Waals surface area contributed by atoms with Crippen molar-refractivity contribution in [2.24, 2.45) is 0 Å². The van der Waals surface area contributed by atoms with Gasteiger partial charge >= 0.3 is 0 Å². The highest BCUT2D eigenvalue weighted by Crippen LogP contribution is 2.22. The van der Waals surface area contributed by atoms with Gasteiger partial charge in [-0.2, -0.15) is 5.10 Å². The fraction of sp³-hybridized carbons (Fsp3) is 0.714. The van der Waals surface area contributed by atoms with Gasteiger partial charge in [-0.3, -0.25) is 9.89 Å². The van der Waals surface area contributed by atoms with Crippen LogP contribution in [0.2, 0.25) is 0 Å². The molecule has 1 amide bonds. The zero-order valence-corrected chi connectivity index (χ0v) is 12.6. The standard InChI is InChI=1S/C14H25N5O/c1-9(2)12-11(15)13(18-17-12)14(20)16-8-10-6-4-5-7-19(10)3/h9-10H,4-8,15H2,1-3H3,(H,16,20)(H,17,18). The van der Waals surface area contributed by atoms with Crippen molar-refractivity contribution in [3.63, 3.8) is 0 Å². The van der Waals surface area contributed by atoms with E-state index in [0.29, 0.717) is 24.0 Å². The van der Waals surface area contributed by atoms with Gasteiger partial charge in [-0.1, -0.05) is 20.3 Å². The second-order valence-electron chi connectivity index (χ2n) is 5.89. The third-order valence-corrected chi connectivity index (χ3v) is 4.05. The zero-order chi connectivity index (χ0) is 14.7. The van der Waals surface area contributed by atoms with Crippen molar-refractivity contribution < 1.29 is 4.79 Å². The highest BCUT2D eigenvalue weighted by atomic mass is 16.2. The van der Waals surface area contributed by atoms with Crippen molar-refractivity contribution in [3.05, 3.63) is 11.4 Å². The molecule has 1 aliphatic heterocycles. The van der Waals surface area contributed by atoms with Crippen LogP contribution in [0.3, 0.4) is 0 Å². The number of aromatic nitrogens is 2. The highest BCUT2D eigenvalue weighted by molar-refractivity contribution is 5.97. The molecule has 1 aromatic heterocycles. The van der Waals surface area contributed by atoms with Crippen LogP contribution in [-0.2, 0) is 0 Å². The van der Waals surface area contributed by atoms with Crippen molar-refractivity contribution in [2.45, 2.75) is 45.1 Å². The highest BCUT2D eigenvalue weighted by Gasteiger charge is 2.22. The normalized spacial score (nSPS) is 20.3. The molecule has 1 aromatic rings. The number of nitrogens with zero attached hydrogens (tertiary/aromatic N) is 2. The Hall–Kier alpha value is -1.56. The van der Waals surface area contributed by atoms with Crippen LogP contribution in [0.5, 0.6) is 0 Å². The summed E-state index contributed by atoms with van der Waals surface area (Å²) in [5.41, 5.74) is 7.58. The van der Waals surface area contributed by atoms with Crippen molar-refractivity contribution in [2.75, 3.05) is 25.9 Å². The van der Waals surface area contributed by atoms with Gasteiger partial charge in [0.1, 0.15) is 0 Å². The predicted octanol–water partition coefficient (Wildman–Crippen LogP) is 1.33. The second kappa shape index (κ2) is 6.26. The molecule has 4 N–H and O–H groups in total. The lowest BCUT2D eigenvalue weighted by molar-refractivity contribution is 0.0924. The molecule has 1 atom stereocenters. The molecular formula is C14H25N5O. The number of nitrogens with one attached hydrogen (secondary N) is 2. The van der Waals surface area contributed by atoms with Crippen LogP contribution in [0.1, 0.15) is 55.2 Å². The summed E-state index contributed by atoms with van der Waals surface area (Å²) in [5, 5.41) is 9.85. The zero-order valence-electron chi connectivity index (χ0n) is 12.6. The Labute approximate surface area is 120 Å². The van der Waals surface area contributed by atoms with Crippen LogP contribution in [-0.4, -0.2) is 47.2 Å². The molecule has 112 valence electrons. The number of rotatable bonds is 4. The molecule has 1 aliphatic rings. The number of nitrogen functional groups attached to an aromatic ring is 1. The predicted molar refractivity (Wildman–Crippen MR) is 79.7 cm³/mol. The number of amides is 1. The first-order valence-electron chi connectivity index (χ1n) is 7.33. The molecule has 0 aromatic carbocycles. The Bertz CT molecular complexity index is 468. The lowest BCUT2D eigenvalue weighted by Crippen LogP contribution is -2.44. The first kappa shape index (κ1) is 14.8. The molecule has 2 heterocycles. The molecule has 0 spiro atoms. The Kier molecular flexibility index (Phi) is 4.65. The van der Waals surface area contributed by atoms with Crippen molar-refractivity contribution in [1.29, 1.82) is 0 Å². The minimum Gasteiger partial charge on any atom is -0.395 e. The average molecular weight is 279 g/mol. The summed E-state index contributed by atoms with van der Waals surface area (Å²) < 4.78 is 0. The van der Waals surface area contributed by atoms with Gasteiger partial charge in [0, 0.05) is 12.6 Å². The third-order valence-electron chi connectivity index (χ3n) is 4.05. The number of likely N-dealkylation sites (N-methyl/N-ethyl adjacent to an activating group) is 1. The van der Waals surface area contributed by atoms with Gasteiger partial charge in [0.2, 0.25) is 0 Å². The van der Waals surface area contributed by atoms with E-state index in [-0.39, 0.29) is 11.8 Å². The number of likely N-dealkylation sites (tertiary alicyclic amines) is 1. The van der Waals surface area contributed by atoms with E-state index in [4.69, 9.17) is 5.73 Å². The van der Waals surface area contributed by atoms with Gasteiger partial charge in [0.05, 0.1) is 11.4 Å². The number of H-pyrrole nitrogens is 1. The van der Waals surface area contributed by atoms with E-state index in [1.807, 2.05) is 13.8 Å². The van der Waals surface area contributed by atoms with E-state index in [1.54, 1.807) is 0 Å². The summed E-state index contributed by atoms with van der Waals surface area (Å²) in [4.78, 5) is 14.5. The summed E-state index contributed by atoms with van der Waals surface area (Å²) in [5.74, 6) is 0.0400. The average Bonchev–Trinajstić information content (AvgIpc) is 2.79. The summed E-state index contributed by atoms with van der Waals surface area (Å²) in [6, 6.07) is 0.414. The van der Waals surface area contributed by atoms with Crippen molar-refractivity contribution in [3.8, 4) is 0 Å². The fourth-order valence-corrected chi connectivity index (χ4v) is 2.67. The van der Waals surface area contributed by atoms with Crippen LogP contribution in [0.4, 0.5) is 5.69 Å². The van der Waals surface area contributed by atoms with Crippen LogP contribution in [0.15, 0.2) is 0 Å². The number of aromatic amines is 1. The number of anilines is 1. The summed E-state index contributed by atoms with van der Waals surface area (Å²) >= 11 is 0. The minimum absolute atomic E-state index is 0.190. The van der Waals surface area contributed by atoms with Crippen LogP contribution in [0, 0.1) is 0 Å². The van der Waals surface area contributed by atoms with Gasteiger partial charge in [-0.15, -0.1) is 0 Å². The Morgan fingerprint density at radius 1 is 1.55 bits per heavy atom. The first-order valence-corrected chi connectivity index (χ1v) is 7.33.